The van der Waals surface area contributed by atoms with Gasteiger partial charge in [0.15, 0.2) is 9.84 Å². The molecule has 0 bridgehead atoms. The molecule has 1 fully saturated rings. The minimum absolute atomic E-state index is 0.354. The van der Waals surface area contributed by atoms with E-state index in [-0.39, 0.29) is 0 Å². The zero-order valence-electron chi connectivity index (χ0n) is 9.14. The maximum atomic E-state index is 12.1. The highest BCUT2D eigenvalue weighted by Gasteiger charge is 2.29. The van der Waals surface area contributed by atoms with Gasteiger partial charge in [0.2, 0.25) is 0 Å². The van der Waals surface area contributed by atoms with Gasteiger partial charge in [-0.15, -0.1) is 0 Å². The summed E-state index contributed by atoms with van der Waals surface area (Å²) in [5.74, 6) is 0.665. The molecule has 1 unspecified atom stereocenters. The van der Waals surface area contributed by atoms with Gasteiger partial charge in [0.25, 0.3) is 0 Å². The summed E-state index contributed by atoms with van der Waals surface area (Å²) in [5.41, 5.74) is 0. The molecule has 1 aliphatic rings. The average molecular weight is 241 g/mol. The Morgan fingerprint density at radius 2 is 2.00 bits per heavy atom. The lowest BCUT2D eigenvalue weighted by Gasteiger charge is -2.12. The van der Waals surface area contributed by atoms with E-state index in [1.54, 1.807) is 31.4 Å². The fourth-order valence-corrected chi connectivity index (χ4v) is 3.51. The molecule has 0 spiro atoms. The van der Waals surface area contributed by atoms with Crippen LogP contribution in [0.5, 0.6) is 5.75 Å². The van der Waals surface area contributed by atoms with Gasteiger partial charge in [-0.3, -0.25) is 0 Å². The van der Waals surface area contributed by atoms with Gasteiger partial charge in [-0.1, -0.05) is 0 Å². The zero-order valence-corrected chi connectivity index (χ0v) is 9.96. The summed E-state index contributed by atoms with van der Waals surface area (Å²) >= 11 is 0. The molecule has 1 atom stereocenters. The van der Waals surface area contributed by atoms with Crippen molar-refractivity contribution in [1.29, 1.82) is 0 Å². The standard InChI is InChI=1S/C11H15NO3S/c1-15-9-4-6-10(7-5-9)16(13,14)11-3-2-8-12-11/h4-7,11-12H,2-3,8H2,1H3. The molecule has 1 aliphatic heterocycles. The molecule has 2 rings (SSSR count). The van der Waals surface area contributed by atoms with Crippen molar-refractivity contribution in [3.8, 4) is 5.75 Å². The van der Waals surface area contributed by atoms with Crippen molar-refractivity contribution in [1.82, 2.24) is 5.32 Å². The molecule has 16 heavy (non-hydrogen) atoms. The van der Waals surface area contributed by atoms with Crippen molar-refractivity contribution in [3.05, 3.63) is 24.3 Å². The van der Waals surface area contributed by atoms with Gasteiger partial charge in [0.1, 0.15) is 11.1 Å². The number of rotatable bonds is 3. The summed E-state index contributed by atoms with van der Waals surface area (Å²) in [6, 6.07) is 6.52. The van der Waals surface area contributed by atoms with Gasteiger partial charge < -0.3 is 10.1 Å². The van der Waals surface area contributed by atoms with Crippen molar-refractivity contribution in [2.75, 3.05) is 13.7 Å². The van der Waals surface area contributed by atoms with Crippen LogP contribution >= 0.6 is 0 Å². The van der Waals surface area contributed by atoms with Gasteiger partial charge in [-0.05, 0) is 43.7 Å². The lowest BCUT2D eigenvalue weighted by Crippen LogP contribution is -2.30. The molecule has 5 heteroatoms. The number of methoxy groups -OCH3 is 1. The minimum atomic E-state index is -3.23. The minimum Gasteiger partial charge on any atom is -0.497 e. The van der Waals surface area contributed by atoms with E-state index in [4.69, 9.17) is 4.74 Å². The summed E-state index contributed by atoms with van der Waals surface area (Å²) in [6.07, 6.45) is 1.61. The monoisotopic (exact) mass is 241 g/mol. The second-order valence-corrected chi connectivity index (χ2v) is 5.94. The number of hydrogen-bond acceptors (Lipinski definition) is 4. The van der Waals surface area contributed by atoms with E-state index in [2.05, 4.69) is 5.32 Å². The van der Waals surface area contributed by atoms with Crippen LogP contribution in [-0.4, -0.2) is 27.4 Å². The third-order valence-electron chi connectivity index (χ3n) is 2.78. The van der Waals surface area contributed by atoms with E-state index in [0.29, 0.717) is 17.1 Å². The van der Waals surface area contributed by atoms with Gasteiger partial charge in [0.05, 0.1) is 12.0 Å². The fraction of sp³-hybridized carbons (Fsp3) is 0.455. The zero-order chi connectivity index (χ0) is 11.6. The molecular weight excluding hydrogens is 226 g/mol. The van der Waals surface area contributed by atoms with Crippen LogP contribution < -0.4 is 10.1 Å². The summed E-state index contributed by atoms with van der Waals surface area (Å²) in [5, 5.41) is 2.58. The Labute approximate surface area is 95.5 Å². The predicted molar refractivity (Wildman–Crippen MR) is 61.2 cm³/mol. The molecule has 0 saturated carbocycles. The molecule has 1 N–H and O–H groups in total. The first-order valence-electron chi connectivity index (χ1n) is 5.26. The summed E-state index contributed by atoms with van der Waals surface area (Å²) < 4.78 is 29.3. The smallest absolute Gasteiger partial charge is 0.194 e. The first-order valence-corrected chi connectivity index (χ1v) is 6.80. The molecule has 88 valence electrons. The van der Waals surface area contributed by atoms with Crippen LogP contribution in [0.25, 0.3) is 0 Å². The molecule has 0 amide bonds. The van der Waals surface area contributed by atoms with E-state index in [1.165, 1.54) is 0 Å². The second-order valence-electron chi connectivity index (χ2n) is 3.81. The largest absolute Gasteiger partial charge is 0.497 e. The van der Waals surface area contributed by atoms with Gasteiger partial charge in [0, 0.05) is 0 Å². The average Bonchev–Trinajstić information content (AvgIpc) is 2.83. The summed E-state index contributed by atoms with van der Waals surface area (Å²) in [7, 11) is -1.67. The number of nitrogens with one attached hydrogen (secondary N) is 1. The topological polar surface area (TPSA) is 55.4 Å². The predicted octanol–water partition coefficient (Wildman–Crippen LogP) is 1.18. The first kappa shape index (κ1) is 11.4. The van der Waals surface area contributed by atoms with Crippen molar-refractivity contribution in [3.63, 3.8) is 0 Å². The Kier molecular flexibility index (Phi) is 3.16. The van der Waals surface area contributed by atoms with Crippen LogP contribution in [0.2, 0.25) is 0 Å². The molecule has 1 heterocycles. The van der Waals surface area contributed by atoms with Crippen LogP contribution in [-0.2, 0) is 9.84 Å². The fourth-order valence-electron chi connectivity index (χ4n) is 1.85. The van der Waals surface area contributed by atoms with E-state index in [9.17, 15) is 8.42 Å². The highest BCUT2D eigenvalue weighted by atomic mass is 32.2. The molecule has 0 aliphatic carbocycles. The van der Waals surface area contributed by atoms with Crippen molar-refractivity contribution < 1.29 is 13.2 Å². The van der Waals surface area contributed by atoms with Crippen LogP contribution in [0.1, 0.15) is 12.8 Å². The number of benzene rings is 1. The number of ether oxygens (including phenoxy) is 1. The maximum absolute atomic E-state index is 12.1. The number of hydrogen-bond donors (Lipinski definition) is 1. The highest BCUT2D eigenvalue weighted by Crippen LogP contribution is 2.22. The second kappa shape index (κ2) is 4.43. The first-order chi connectivity index (χ1) is 7.64. The normalized spacial score (nSPS) is 20.9. The Morgan fingerprint density at radius 3 is 2.50 bits per heavy atom. The number of sulfone groups is 1. The maximum Gasteiger partial charge on any atom is 0.194 e. The summed E-state index contributed by atoms with van der Waals surface area (Å²) in [6.45, 7) is 0.778. The highest BCUT2D eigenvalue weighted by molar-refractivity contribution is 7.92. The lowest BCUT2D eigenvalue weighted by atomic mass is 10.3. The Balaban J connectivity index is 2.28. The van der Waals surface area contributed by atoms with Crippen LogP contribution in [0, 0.1) is 0 Å². The van der Waals surface area contributed by atoms with Crippen molar-refractivity contribution in [2.45, 2.75) is 23.1 Å². The molecule has 1 aromatic carbocycles. The van der Waals surface area contributed by atoms with Crippen LogP contribution in [0.4, 0.5) is 0 Å². The van der Waals surface area contributed by atoms with Gasteiger partial charge >= 0.3 is 0 Å². The quantitative estimate of drug-likeness (QED) is 0.863. The summed E-state index contributed by atoms with van der Waals surface area (Å²) in [4.78, 5) is 0.354. The molecule has 1 aromatic rings. The molecule has 1 saturated heterocycles. The molecule has 0 radical (unpaired) electrons. The Bertz CT molecular complexity index is 447. The molecule has 0 aromatic heterocycles. The van der Waals surface area contributed by atoms with E-state index in [0.717, 1.165) is 13.0 Å². The molecular formula is C11H15NO3S. The third kappa shape index (κ3) is 2.05. The van der Waals surface area contributed by atoms with E-state index >= 15 is 0 Å². The molecule has 4 nitrogen and oxygen atoms in total. The van der Waals surface area contributed by atoms with E-state index < -0.39 is 15.2 Å². The van der Waals surface area contributed by atoms with Gasteiger partial charge in [-0.25, -0.2) is 8.42 Å². The van der Waals surface area contributed by atoms with Crippen LogP contribution in [0.15, 0.2) is 29.2 Å². The Morgan fingerprint density at radius 1 is 1.31 bits per heavy atom. The van der Waals surface area contributed by atoms with Crippen LogP contribution in [0.3, 0.4) is 0 Å². The van der Waals surface area contributed by atoms with Crippen molar-refractivity contribution in [2.24, 2.45) is 0 Å². The Hall–Kier alpha value is -1.07. The van der Waals surface area contributed by atoms with E-state index in [1.807, 2.05) is 0 Å². The lowest BCUT2D eigenvalue weighted by molar-refractivity contribution is 0.414. The third-order valence-corrected chi connectivity index (χ3v) is 4.86. The van der Waals surface area contributed by atoms with Crippen molar-refractivity contribution >= 4 is 9.84 Å². The van der Waals surface area contributed by atoms with Gasteiger partial charge in [-0.2, -0.15) is 0 Å². The SMILES string of the molecule is COc1ccc(S(=O)(=O)C2CCCN2)cc1.